The van der Waals surface area contributed by atoms with Crippen molar-refractivity contribution in [3.63, 3.8) is 0 Å². The highest BCUT2D eigenvalue weighted by Gasteiger charge is 2.17. The third-order valence-electron chi connectivity index (χ3n) is 3.03. The molecule has 1 aliphatic heterocycles. The largest absolute Gasteiger partial charge is 0.370 e. The van der Waals surface area contributed by atoms with Crippen molar-refractivity contribution < 1.29 is 14.4 Å². The molecule has 17 heavy (non-hydrogen) atoms. The molecule has 1 aliphatic rings. The number of anilines is 1. The summed E-state index contributed by atoms with van der Waals surface area (Å²) < 4.78 is 5.27. The summed E-state index contributed by atoms with van der Waals surface area (Å²) in [7, 11) is 0. The van der Waals surface area contributed by atoms with E-state index < -0.39 is 0 Å². The van der Waals surface area contributed by atoms with Crippen molar-refractivity contribution in [3.8, 4) is 0 Å². The highest BCUT2D eigenvalue weighted by molar-refractivity contribution is 5.92. The molecule has 0 aliphatic carbocycles. The molecule has 92 valence electrons. The number of benzene rings is 1. The number of hydrogen-bond donors (Lipinski definition) is 2. The normalized spacial score (nSPS) is 16.8. The first-order valence-electron chi connectivity index (χ1n) is 6.02. The van der Waals surface area contributed by atoms with E-state index in [1.165, 1.54) is 4.90 Å². The standard InChI is InChI=1S/C13H18N2O2/c1-11-4-2-3-5-12(11)14-13(16)10-15-6-8-17-9-7-15/h2-5H,6-10H2,1H3,(H,14,16)/p+1. The van der Waals surface area contributed by atoms with Gasteiger partial charge in [0.1, 0.15) is 13.1 Å². The Hall–Kier alpha value is -1.39. The van der Waals surface area contributed by atoms with Gasteiger partial charge >= 0.3 is 0 Å². The topological polar surface area (TPSA) is 42.8 Å². The van der Waals surface area contributed by atoms with Crippen LogP contribution in [0.5, 0.6) is 0 Å². The summed E-state index contributed by atoms with van der Waals surface area (Å²) in [6, 6.07) is 7.83. The van der Waals surface area contributed by atoms with Crippen molar-refractivity contribution in [2.24, 2.45) is 0 Å². The number of amides is 1. The lowest BCUT2D eigenvalue weighted by molar-refractivity contribution is -0.899. The van der Waals surface area contributed by atoms with Gasteiger partial charge in [-0.1, -0.05) is 18.2 Å². The zero-order valence-electron chi connectivity index (χ0n) is 10.2. The third-order valence-corrected chi connectivity index (χ3v) is 3.03. The fourth-order valence-electron chi connectivity index (χ4n) is 1.97. The number of para-hydroxylation sites is 1. The van der Waals surface area contributed by atoms with Gasteiger partial charge < -0.3 is 15.0 Å². The highest BCUT2D eigenvalue weighted by atomic mass is 16.5. The molecule has 0 unspecified atom stereocenters. The van der Waals surface area contributed by atoms with Crippen molar-refractivity contribution in [2.75, 3.05) is 38.2 Å². The Morgan fingerprint density at radius 1 is 1.35 bits per heavy atom. The van der Waals surface area contributed by atoms with E-state index in [1.54, 1.807) is 0 Å². The Labute approximate surface area is 102 Å². The minimum atomic E-state index is 0.0798. The molecule has 1 aromatic carbocycles. The fourth-order valence-corrected chi connectivity index (χ4v) is 1.97. The van der Waals surface area contributed by atoms with Gasteiger partial charge in [-0.05, 0) is 18.6 Å². The molecular formula is C13H19N2O2+. The molecule has 4 nitrogen and oxygen atoms in total. The Morgan fingerprint density at radius 3 is 2.76 bits per heavy atom. The monoisotopic (exact) mass is 235 g/mol. The second kappa shape index (κ2) is 5.80. The van der Waals surface area contributed by atoms with Gasteiger partial charge in [0.25, 0.3) is 5.91 Å². The maximum Gasteiger partial charge on any atom is 0.279 e. The van der Waals surface area contributed by atoms with Crippen LogP contribution in [0.15, 0.2) is 24.3 Å². The summed E-state index contributed by atoms with van der Waals surface area (Å²) in [4.78, 5) is 13.2. The number of carbonyl (C=O) groups excluding carboxylic acids is 1. The maximum absolute atomic E-state index is 11.9. The molecule has 0 atom stereocenters. The van der Waals surface area contributed by atoms with Gasteiger partial charge in [0, 0.05) is 5.69 Å². The Kier molecular flexibility index (Phi) is 4.12. The number of quaternary nitrogens is 1. The van der Waals surface area contributed by atoms with E-state index in [2.05, 4.69) is 5.32 Å². The zero-order valence-corrected chi connectivity index (χ0v) is 10.2. The molecule has 2 rings (SSSR count). The lowest BCUT2D eigenvalue weighted by Crippen LogP contribution is -3.15. The van der Waals surface area contributed by atoms with Crippen LogP contribution in [0.3, 0.4) is 0 Å². The first-order chi connectivity index (χ1) is 8.25. The van der Waals surface area contributed by atoms with E-state index in [9.17, 15) is 4.79 Å². The predicted molar refractivity (Wildman–Crippen MR) is 66.2 cm³/mol. The van der Waals surface area contributed by atoms with Crippen LogP contribution >= 0.6 is 0 Å². The van der Waals surface area contributed by atoms with Crippen LogP contribution in [0.1, 0.15) is 5.56 Å². The first kappa shape index (κ1) is 12.1. The summed E-state index contributed by atoms with van der Waals surface area (Å²) in [5, 5.41) is 2.96. The second-order valence-electron chi connectivity index (χ2n) is 4.40. The van der Waals surface area contributed by atoms with Crippen molar-refractivity contribution in [2.45, 2.75) is 6.92 Å². The average Bonchev–Trinajstić information content (AvgIpc) is 2.33. The summed E-state index contributed by atoms with van der Waals surface area (Å²) in [5.41, 5.74) is 2.00. The van der Waals surface area contributed by atoms with Crippen molar-refractivity contribution in [1.29, 1.82) is 0 Å². The van der Waals surface area contributed by atoms with Gasteiger partial charge in [0.15, 0.2) is 6.54 Å². The van der Waals surface area contributed by atoms with Crippen molar-refractivity contribution in [3.05, 3.63) is 29.8 Å². The average molecular weight is 235 g/mol. The number of ether oxygens (including phenoxy) is 1. The van der Waals surface area contributed by atoms with Crippen molar-refractivity contribution in [1.82, 2.24) is 0 Å². The van der Waals surface area contributed by atoms with Gasteiger partial charge in [-0.3, -0.25) is 4.79 Å². The number of hydrogen-bond acceptors (Lipinski definition) is 2. The second-order valence-corrected chi connectivity index (χ2v) is 4.40. The molecule has 4 heteroatoms. The molecule has 1 fully saturated rings. The van der Waals surface area contributed by atoms with Crippen LogP contribution in [-0.4, -0.2) is 38.8 Å². The SMILES string of the molecule is Cc1ccccc1NC(=O)C[NH+]1CCOCC1. The van der Waals surface area contributed by atoms with E-state index in [0.717, 1.165) is 37.6 Å². The zero-order chi connectivity index (χ0) is 12.1. The summed E-state index contributed by atoms with van der Waals surface area (Å²) in [6.45, 7) is 5.87. The predicted octanol–water partition coefficient (Wildman–Crippen LogP) is -0.151. The Balaban J connectivity index is 1.86. The maximum atomic E-state index is 11.9. The summed E-state index contributed by atoms with van der Waals surface area (Å²) >= 11 is 0. The minimum absolute atomic E-state index is 0.0798. The van der Waals surface area contributed by atoms with Crippen LogP contribution in [0, 0.1) is 6.92 Å². The molecule has 0 saturated carbocycles. The third kappa shape index (κ3) is 3.54. The molecule has 1 amide bonds. The molecule has 0 spiro atoms. The van der Waals surface area contributed by atoms with E-state index in [-0.39, 0.29) is 5.91 Å². The van der Waals surface area contributed by atoms with E-state index in [0.29, 0.717) is 6.54 Å². The van der Waals surface area contributed by atoms with Gasteiger partial charge in [0.05, 0.1) is 13.2 Å². The molecule has 0 aromatic heterocycles. The molecule has 0 radical (unpaired) electrons. The molecule has 1 heterocycles. The van der Waals surface area contributed by atoms with E-state index in [1.807, 2.05) is 31.2 Å². The summed E-state index contributed by atoms with van der Waals surface area (Å²) in [5.74, 6) is 0.0798. The molecular weight excluding hydrogens is 216 g/mol. The fraction of sp³-hybridized carbons (Fsp3) is 0.462. The van der Waals surface area contributed by atoms with Crippen LogP contribution < -0.4 is 10.2 Å². The molecule has 0 bridgehead atoms. The Bertz CT molecular complexity index is 387. The highest BCUT2D eigenvalue weighted by Crippen LogP contribution is 2.12. The van der Waals surface area contributed by atoms with E-state index >= 15 is 0 Å². The lowest BCUT2D eigenvalue weighted by Gasteiger charge is -2.23. The number of carbonyl (C=O) groups is 1. The Morgan fingerprint density at radius 2 is 2.06 bits per heavy atom. The molecule has 1 aromatic rings. The van der Waals surface area contributed by atoms with Crippen LogP contribution in [0.25, 0.3) is 0 Å². The number of rotatable bonds is 3. The number of aryl methyl sites for hydroxylation is 1. The number of morpholine rings is 1. The van der Waals surface area contributed by atoms with Crippen LogP contribution in [0.4, 0.5) is 5.69 Å². The van der Waals surface area contributed by atoms with E-state index in [4.69, 9.17) is 4.74 Å². The van der Waals surface area contributed by atoms with Gasteiger partial charge in [-0.15, -0.1) is 0 Å². The lowest BCUT2D eigenvalue weighted by atomic mass is 10.2. The molecule has 1 saturated heterocycles. The number of nitrogens with one attached hydrogen (secondary N) is 2. The van der Waals surface area contributed by atoms with Crippen LogP contribution in [0.2, 0.25) is 0 Å². The van der Waals surface area contributed by atoms with Gasteiger partial charge in [-0.2, -0.15) is 0 Å². The quantitative estimate of drug-likeness (QED) is 0.765. The van der Waals surface area contributed by atoms with Gasteiger partial charge in [-0.25, -0.2) is 0 Å². The molecule has 2 N–H and O–H groups in total. The van der Waals surface area contributed by atoms with Gasteiger partial charge in [0.2, 0.25) is 0 Å². The minimum Gasteiger partial charge on any atom is -0.370 e. The van der Waals surface area contributed by atoms with Crippen LogP contribution in [-0.2, 0) is 9.53 Å². The smallest absolute Gasteiger partial charge is 0.279 e. The first-order valence-corrected chi connectivity index (χ1v) is 6.02. The summed E-state index contributed by atoms with van der Waals surface area (Å²) in [6.07, 6.45) is 0. The van der Waals surface area contributed by atoms with Crippen molar-refractivity contribution >= 4 is 11.6 Å².